The van der Waals surface area contributed by atoms with Gasteiger partial charge in [0, 0.05) is 4.92 Å². The van der Waals surface area contributed by atoms with Crippen LogP contribution in [0.25, 0.3) is 0 Å². The zero-order valence-electron chi connectivity index (χ0n) is 9.67. The third-order valence-corrected chi connectivity index (χ3v) is 2.16. The van der Waals surface area contributed by atoms with E-state index in [0.29, 0.717) is 0 Å². The van der Waals surface area contributed by atoms with Crippen molar-refractivity contribution in [2.24, 2.45) is 5.41 Å². The van der Waals surface area contributed by atoms with Crippen LogP contribution in [0.3, 0.4) is 0 Å². The van der Waals surface area contributed by atoms with Crippen LogP contribution in [0.4, 0.5) is 0 Å². The quantitative estimate of drug-likeness (QED) is 0.534. The SMILES string of the molecule is CC(C)(O)C([N+](=O)[O-])C(C)(C)CO[N+](=O)[O-]. The van der Waals surface area contributed by atoms with Crippen molar-refractivity contribution in [1.82, 2.24) is 0 Å². The van der Waals surface area contributed by atoms with E-state index in [9.17, 15) is 25.3 Å². The molecule has 94 valence electrons. The monoisotopic (exact) mass is 236 g/mol. The van der Waals surface area contributed by atoms with Gasteiger partial charge in [0.2, 0.25) is 6.04 Å². The normalized spacial score (nSPS) is 14.3. The van der Waals surface area contributed by atoms with Gasteiger partial charge >= 0.3 is 0 Å². The summed E-state index contributed by atoms with van der Waals surface area (Å²) in [6.45, 7) is 4.99. The molecule has 0 fully saturated rings. The lowest BCUT2D eigenvalue weighted by atomic mass is 9.77. The summed E-state index contributed by atoms with van der Waals surface area (Å²) in [6, 6.07) is -1.36. The molecule has 0 aliphatic carbocycles. The zero-order chi connectivity index (χ0) is 13.1. The highest BCUT2D eigenvalue weighted by Gasteiger charge is 2.49. The minimum atomic E-state index is -1.59. The van der Waals surface area contributed by atoms with E-state index in [1.54, 1.807) is 0 Å². The third kappa shape index (κ3) is 3.97. The highest BCUT2D eigenvalue weighted by atomic mass is 16.9. The molecule has 0 amide bonds. The molecule has 0 aromatic rings. The lowest BCUT2D eigenvalue weighted by molar-refractivity contribution is -0.762. The maximum Gasteiger partial charge on any atom is 0.294 e. The van der Waals surface area contributed by atoms with Crippen LogP contribution in [-0.4, -0.2) is 33.4 Å². The molecule has 1 atom stereocenters. The van der Waals surface area contributed by atoms with Crippen LogP contribution >= 0.6 is 0 Å². The first kappa shape index (κ1) is 14.6. The van der Waals surface area contributed by atoms with E-state index in [4.69, 9.17) is 0 Å². The number of rotatable bonds is 6. The Labute approximate surface area is 92.5 Å². The van der Waals surface area contributed by atoms with Crippen LogP contribution in [0.1, 0.15) is 27.7 Å². The molecular weight excluding hydrogens is 220 g/mol. The Hall–Kier alpha value is -1.44. The summed E-state index contributed by atoms with van der Waals surface area (Å²) in [5.74, 6) is 0. The third-order valence-electron chi connectivity index (χ3n) is 2.16. The molecule has 0 aromatic heterocycles. The van der Waals surface area contributed by atoms with Gasteiger partial charge < -0.3 is 9.94 Å². The molecule has 8 nitrogen and oxygen atoms in total. The molecule has 1 N–H and O–H groups in total. The van der Waals surface area contributed by atoms with Crippen molar-refractivity contribution in [1.29, 1.82) is 0 Å². The summed E-state index contributed by atoms with van der Waals surface area (Å²) < 4.78 is 0. The smallest absolute Gasteiger partial charge is 0.294 e. The highest BCUT2D eigenvalue weighted by Crippen LogP contribution is 2.31. The number of hydrogen-bond acceptors (Lipinski definition) is 6. The molecule has 0 rings (SSSR count). The van der Waals surface area contributed by atoms with Gasteiger partial charge in [-0.05, 0) is 13.8 Å². The lowest BCUT2D eigenvalue weighted by Gasteiger charge is -2.33. The summed E-state index contributed by atoms with van der Waals surface area (Å²) in [5, 5.41) is 29.6. The van der Waals surface area contributed by atoms with E-state index >= 15 is 0 Å². The summed E-state index contributed by atoms with van der Waals surface area (Å²) in [7, 11) is 0. The fourth-order valence-corrected chi connectivity index (χ4v) is 1.80. The average Bonchev–Trinajstić information content (AvgIpc) is 1.96. The predicted octanol–water partition coefficient (Wildman–Crippen LogP) is 0.637. The topological polar surface area (TPSA) is 116 Å². The standard InChI is InChI=1S/C8H16N2O6/c1-7(2,5-16-10(14)15)6(9(12)13)8(3,4)11/h6,11H,5H2,1-4H3. The number of nitrogens with zero attached hydrogens (tertiary/aromatic N) is 2. The fraction of sp³-hybridized carbons (Fsp3) is 1.00. The molecular formula is C8H16N2O6. The molecule has 0 saturated heterocycles. The fourth-order valence-electron chi connectivity index (χ4n) is 1.80. The maximum atomic E-state index is 10.9. The Morgan fingerprint density at radius 2 is 1.69 bits per heavy atom. The van der Waals surface area contributed by atoms with Crippen molar-refractivity contribution in [2.45, 2.75) is 39.3 Å². The molecule has 0 aliphatic heterocycles. The van der Waals surface area contributed by atoms with Gasteiger partial charge in [0.15, 0.2) is 0 Å². The molecule has 1 unspecified atom stereocenters. The Morgan fingerprint density at radius 3 is 1.94 bits per heavy atom. The van der Waals surface area contributed by atoms with E-state index in [-0.39, 0.29) is 0 Å². The van der Waals surface area contributed by atoms with Crippen LogP contribution in [0.5, 0.6) is 0 Å². The van der Waals surface area contributed by atoms with Gasteiger partial charge in [-0.15, -0.1) is 10.1 Å². The lowest BCUT2D eigenvalue weighted by Crippen LogP contribution is -2.53. The van der Waals surface area contributed by atoms with E-state index in [2.05, 4.69) is 4.84 Å². The second kappa shape index (κ2) is 4.60. The molecule has 8 heteroatoms. The Balaban J connectivity index is 4.91. The highest BCUT2D eigenvalue weighted by molar-refractivity contribution is 4.89. The van der Waals surface area contributed by atoms with Gasteiger partial charge in [-0.3, -0.25) is 10.1 Å². The minimum Gasteiger partial charge on any atom is -0.383 e. The van der Waals surface area contributed by atoms with Crippen LogP contribution in [0.15, 0.2) is 0 Å². The van der Waals surface area contributed by atoms with Gasteiger partial charge in [-0.2, -0.15) is 0 Å². The molecule has 16 heavy (non-hydrogen) atoms. The number of hydrogen-bond donors (Lipinski definition) is 1. The minimum absolute atomic E-state index is 0.449. The number of aliphatic hydroxyl groups is 1. The number of nitro groups is 1. The van der Waals surface area contributed by atoms with Crippen molar-refractivity contribution < 1.29 is 20.0 Å². The largest absolute Gasteiger partial charge is 0.383 e. The molecule has 0 aromatic carbocycles. The van der Waals surface area contributed by atoms with Crippen LogP contribution in [0.2, 0.25) is 0 Å². The molecule has 0 bridgehead atoms. The summed E-state index contributed by atoms with van der Waals surface area (Å²) in [5.41, 5.74) is -2.75. The van der Waals surface area contributed by atoms with Crippen molar-refractivity contribution >= 4 is 0 Å². The zero-order valence-corrected chi connectivity index (χ0v) is 9.67. The van der Waals surface area contributed by atoms with Crippen molar-refractivity contribution in [3.8, 4) is 0 Å². The molecule has 0 radical (unpaired) electrons. The second-order valence-corrected chi connectivity index (χ2v) is 4.83. The van der Waals surface area contributed by atoms with E-state index in [0.717, 1.165) is 0 Å². The van der Waals surface area contributed by atoms with E-state index in [1.165, 1.54) is 27.7 Å². The van der Waals surface area contributed by atoms with Crippen molar-refractivity contribution in [3.63, 3.8) is 0 Å². The van der Waals surface area contributed by atoms with Gasteiger partial charge in [-0.25, -0.2) is 0 Å². The molecule has 0 aliphatic rings. The van der Waals surface area contributed by atoms with Crippen LogP contribution in [0, 0.1) is 25.6 Å². The first-order valence-corrected chi connectivity index (χ1v) is 4.61. The first-order chi connectivity index (χ1) is 6.98. The molecule has 0 heterocycles. The van der Waals surface area contributed by atoms with Gasteiger partial charge in [0.05, 0.1) is 5.41 Å². The summed E-state index contributed by atoms with van der Waals surface area (Å²) >= 11 is 0. The van der Waals surface area contributed by atoms with Gasteiger partial charge in [-0.1, -0.05) is 13.8 Å². The van der Waals surface area contributed by atoms with Crippen molar-refractivity contribution in [2.75, 3.05) is 6.61 Å². The Morgan fingerprint density at radius 1 is 1.25 bits per heavy atom. The maximum absolute atomic E-state index is 10.9. The first-order valence-electron chi connectivity index (χ1n) is 4.61. The molecule has 0 saturated carbocycles. The van der Waals surface area contributed by atoms with Crippen molar-refractivity contribution in [3.05, 3.63) is 20.2 Å². The summed E-state index contributed by atoms with van der Waals surface area (Å²) in [4.78, 5) is 24.4. The van der Waals surface area contributed by atoms with Gasteiger partial charge in [0.25, 0.3) is 5.09 Å². The summed E-state index contributed by atoms with van der Waals surface area (Å²) in [6.07, 6.45) is 0. The Kier molecular flexibility index (Phi) is 4.19. The second-order valence-electron chi connectivity index (χ2n) is 4.83. The average molecular weight is 236 g/mol. The predicted molar refractivity (Wildman–Crippen MR) is 53.8 cm³/mol. The van der Waals surface area contributed by atoms with E-state index in [1.807, 2.05) is 0 Å². The van der Waals surface area contributed by atoms with E-state index < -0.39 is 33.7 Å². The Bertz CT molecular complexity index is 283. The molecule has 0 spiro atoms. The van der Waals surface area contributed by atoms with Gasteiger partial charge in [0.1, 0.15) is 12.2 Å². The van der Waals surface area contributed by atoms with Crippen LogP contribution < -0.4 is 0 Å². The van der Waals surface area contributed by atoms with Crippen LogP contribution in [-0.2, 0) is 4.84 Å².